The summed E-state index contributed by atoms with van der Waals surface area (Å²) in [5.41, 5.74) is 6.22. The highest BCUT2D eigenvalue weighted by molar-refractivity contribution is 5.89. The van der Waals surface area contributed by atoms with Crippen molar-refractivity contribution in [1.82, 2.24) is 14.3 Å². The van der Waals surface area contributed by atoms with Crippen molar-refractivity contribution < 1.29 is 4.79 Å². The molecular formula is C29H34N6O. The van der Waals surface area contributed by atoms with Crippen LogP contribution < -0.4 is 15.1 Å². The molecule has 1 saturated heterocycles. The van der Waals surface area contributed by atoms with Gasteiger partial charge in [0.05, 0.1) is 11.2 Å². The van der Waals surface area contributed by atoms with Gasteiger partial charge in [-0.25, -0.2) is 9.78 Å². The minimum atomic E-state index is -0.0583. The number of rotatable bonds is 5. The van der Waals surface area contributed by atoms with Crippen molar-refractivity contribution in [2.24, 2.45) is 0 Å². The van der Waals surface area contributed by atoms with Crippen LogP contribution in [0.5, 0.6) is 0 Å². The zero-order valence-electron chi connectivity index (χ0n) is 21.5. The first-order valence-corrected chi connectivity index (χ1v) is 12.5. The fourth-order valence-corrected chi connectivity index (χ4v) is 4.91. The fraction of sp³-hybridized carbons (Fsp3) is 0.310. The summed E-state index contributed by atoms with van der Waals surface area (Å²) in [7, 11) is 8.11. The number of anilines is 3. The Balaban J connectivity index is 1.39. The molecule has 7 nitrogen and oxygen atoms in total. The number of nitrogens with one attached hydrogen (secondary N) is 1. The van der Waals surface area contributed by atoms with Crippen LogP contribution in [0.25, 0.3) is 16.8 Å². The summed E-state index contributed by atoms with van der Waals surface area (Å²) in [5.74, 6) is 1.19. The molecule has 3 heterocycles. The van der Waals surface area contributed by atoms with E-state index in [0.717, 1.165) is 59.0 Å². The molecule has 1 aliphatic heterocycles. The Hall–Kier alpha value is -4.00. The summed E-state index contributed by atoms with van der Waals surface area (Å²) >= 11 is 0. The van der Waals surface area contributed by atoms with Gasteiger partial charge in [-0.15, -0.1) is 0 Å². The lowest BCUT2D eigenvalue weighted by molar-refractivity contribution is 0.191. The van der Waals surface area contributed by atoms with Crippen molar-refractivity contribution in [1.29, 1.82) is 0 Å². The molecule has 2 aromatic heterocycles. The van der Waals surface area contributed by atoms with E-state index in [4.69, 9.17) is 4.98 Å². The lowest BCUT2D eigenvalue weighted by Gasteiger charge is -2.32. The van der Waals surface area contributed by atoms with Crippen molar-refractivity contribution in [3.05, 3.63) is 78.8 Å². The summed E-state index contributed by atoms with van der Waals surface area (Å²) < 4.78 is 2.20. The third kappa shape index (κ3) is 4.73. The van der Waals surface area contributed by atoms with E-state index in [1.54, 1.807) is 0 Å². The number of piperidine rings is 1. The maximum Gasteiger partial charge on any atom is 0.321 e. The van der Waals surface area contributed by atoms with Crippen molar-refractivity contribution in [3.63, 3.8) is 0 Å². The van der Waals surface area contributed by atoms with Crippen LogP contribution in [0.3, 0.4) is 0 Å². The van der Waals surface area contributed by atoms with E-state index in [0.29, 0.717) is 6.54 Å². The van der Waals surface area contributed by atoms with Gasteiger partial charge in [0.15, 0.2) is 0 Å². The van der Waals surface area contributed by atoms with Crippen LogP contribution in [0, 0.1) is 0 Å². The normalized spacial score (nSPS) is 15.7. The highest BCUT2D eigenvalue weighted by atomic mass is 16.2. The quantitative estimate of drug-likeness (QED) is 0.406. The van der Waals surface area contributed by atoms with Crippen molar-refractivity contribution in [2.75, 3.05) is 56.4 Å². The highest BCUT2D eigenvalue weighted by Crippen LogP contribution is 2.33. The van der Waals surface area contributed by atoms with Gasteiger partial charge >= 0.3 is 6.03 Å². The van der Waals surface area contributed by atoms with E-state index >= 15 is 0 Å². The molecule has 186 valence electrons. The summed E-state index contributed by atoms with van der Waals surface area (Å²) in [6, 6.07) is 22.6. The van der Waals surface area contributed by atoms with Crippen LogP contribution >= 0.6 is 0 Å². The average molecular weight is 483 g/mol. The number of urea groups is 1. The van der Waals surface area contributed by atoms with E-state index in [-0.39, 0.29) is 11.9 Å². The third-order valence-corrected chi connectivity index (χ3v) is 6.92. The molecule has 4 aromatic rings. The predicted octanol–water partition coefficient (Wildman–Crippen LogP) is 5.54. The fourth-order valence-electron chi connectivity index (χ4n) is 4.91. The van der Waals surface area contributed by atoms with Crippen LogP contribution in [0.4, 0.5) is 21.9 Å². The van der Waals surface area contributed by atoms with Gasteiger partial charge in [-0.3, -0.25) is 0 Å². The number of fused-ring (bicyclic) bond motifs is 1. The van der Waals surface area contributed by atoms with E-state index in [1.807, 2.05) is 68.3 Å². The number of carbonyl (C=O) groups is 1. The smallest absolute Gasteiger partial charge is 0.321 e. The number of imidazole rings is 1. The second kappa shape index (κ2) is 9.93. The first-order chi connectivity index (χ1) is 17.4. The number of hydrogen-bond donors (Lipinski definition) is 1. The van der Waals surface area contributed by atoms with Crippen LogP contribution in [0.1, 0.15) is 24.6 Å². The molecule has 0 spiro atoms. The maximum absolute atomic E-state index is 13.1. The van der Waals surface area contributed by atoms with Gasteiger partial charge in [-0.05, 0) is 61.4 Å². The molecule has 36 heavy (non-hydrogen) atoms. The van der Waals surface area contributed by atoms with E-state index in [1.165, 1.54) is 0 Å². The lowest BCUT2D eigenvalue weighted by Crippen LogP contribution is -2.42. The molecule has 0 aliphatic carbocycles. The largest absolute Gasteiger partial charge is 0.378 e. The van der Waals surface area contributed by atoms with Gasteiger partial charge in [0, 0.05) is 76.0 Å². The van der Waals surface area contributed by atoms with Crippen LogP contribution in [0.15, 0.2) is 72.9 Å². The van der Waals surface area contributed by atoms with Gasteiger partial charge in [0.2, 0.25) is 0 Å². The molecule has 5 rings (SSSR count). The van der Waals surface area contributed by atoms with Gasteiger partial charge < -0.3 is 24.4 Å². The van der Waals surface area contributed by atoms with Gasteiger partial charge in [0.1, 0.15) is 5.82 Å². The number of likely N-dealkylation sites (tertiary alicyclic amines) is 1. The number of nitrogens with zero attached hydrogens (tertiary/aromatic N) is 5. The number of hydrogen-bond acceptors (Lipinski definition) is 4. The Morgan fingerprint density at radius 2 is 1.72 bits per heavy atom. The molecule has 0 radical (unpaired) electrons. The Kier molecular flexibility index (Phi) is 6.55. The second-order valence-corrected chi connectivity index (χ2v) is 9.88. The molecule has 2 aromatic carbocycles. The van der Waals surface area contributed by atoms with E-state index in [9.17, 15) is 4.79 Å². The zero-order chi connectivity index (χ0) is 25.2. The average Bonchev–Trinajstić information content (AvgIpc) is 3.29. The summed E-state index contributed by atoms with van der Waals surface area (Å²) in [4.78, 5) is 24.4. The highest BCUT2D eigenvalue weighted by Gasteiger charge is 2.28. The minimum absolute atomic E-state index is 0.0583. The van der Waals surface area contributed by atoms with Crippen molar-refractivity contribution >= 4 is 28.6 Å². The van der Waals surface area contributed by atoms with Gasteiger partial charge in [-0.2, -0.15) is 0 Å². The van der Waals surface area contributed by atoms with Gasteiger partial charge in [-0.1, -0.05) is 18.2 Å². The van der Waals surface area contributed by atoms with Crippen molar-refractivity contribution in [2.45, 2.75) is 18.8 Å². The molecule has 0 saturated carbocycles. The van der Waals surface area contributed by atoms with Gasteiger partial charge in [0.25, 0.3) is 0 Å². The molecule has 1 N–H and O–H groups in total. The Morgan fingerprint density at radius 3 is 2.47 bits per heavy atom. The molecule has 7 heteroatoms. The topological polar surface area (TPSA) is 56.1 Å². The molecule has 1 atom stereocenters. The maximum atomic E-state index is 13.1. The molecular weight excluding hydrogens is 448 g/mol. The monoisotopic (exact) mass is 482 g/mol. The number of benzene rings is 2. The Bertz CT molecular complexity index is 1360. The molecule has 1 fully saturated rings. The number of aromatic nitrogens is 2. The Morgan fingerprint density at radius 1 is 0.944 bits per heavy atom. The first kappa shape index (κ1) is 23.7. The number of pyridine rings is 1. The zero-order valence-corrected chi connectivity index (χ0v) is 21.5. The molecule has 0 bridgehead atoms. The Labute approximate surface area is 213 Å². The van der Waals surface area contributed by atoms with Crippen LogP contribution in [-0.4, -0.2) is 61.6 Å². The lowest BCUT2D eigenvalue weighted by atomic mass is 9.97. The number of amides is 2. The first-order valence-electron chi connectivity index (χ1n) is 12.5. The predicted molar refractivity (Wildman–Crippen MR) is 148 cm³/mol. The van der Waals surface area contributed by atoms with E-state index in [2.05, 4.69) is 57.2 Å². The SMILES string of the molecule is CN(C)c1ccc(NC(=O)N2CCCC(c3nc(-c4cccc(N(C)C)c4)c4ccccn34)C2)cc1. The molecule has 2 amide bonds. The second-order valence-electron chi connectivity index (χ2n) is 9.88. The summed E-state index contributed by atoms with van der Waals surface area (Å²) in [6.45, 7) is 1.39. The minimum Gasteiger partial charge on any atom is -0.378 e. The molecule has 1 aliphatic rings. The standard InChI is InChI=1S/C29H34N6O/c1-32(2)24-15-13-23(14-16-24)30-29(36)34-17-8-10-22(20-34)28-31-27(26-12-5-6-18-35(26)28)21-9-7-11-25(19-21)33(3)4/h5-7,9,11-16,18-19,22H,8,10,17,20H2,1-4H3,(H,30,36). The van der Waals surface area contributed by atoms with E-state index < -0.39 is 0 Å². The molecule has 1 unspecified atom stereocenters. The van der Waals surface area contributed by atoms with Crippen LogP contribution in [0.2, 0.25) is 0 Å². The summed E-state index contributed by atoms with van der Waals surface area (Å²) in [6.07, 6.45) is 4.04. The van der Waals surface area contributed by atoms with Crippen LogP contribution in [-0.2, 0) is 0 Å². The van der Waals surface area contributed by atoms with Crippen molar-refractivity contribution in [3.8, 4) is 11.3 Å². The third-order valence-electron chi connectivity index (χ3n) is 6.92. The summed E-state index contributed by atoms with van der Waals surface area (Å²) in [5, 5.41) is 3.07. The number of carbonyl (C=O) groups excluding carboxylic acids is 1.